The number of rotatable bonds is 6. The first-order valence-corrected chi connectivity index (χ1v) is 9.88. The monoisotopic (exact) mass is 381 g/mol. The van der Waals surface area contributed by atoms with Gasteiger partial charge in [0, 0.05) is 43.2 Å². The van der Waals surface area contributed by atoms with Crippen LogP contribution < -0.4 is 4.74 Å². The molecule has 0 spiro atoms. The van der Waals surface area contributed by atoms with Crippen molar-refractivity contribution in [2.75, 3.05) is 14.2 Å². The minimum absolute atomic E-state index is 0.000882. The van der Waals surface area contributed by atoms with Gasteiger partial charge in [0.25, 0.3) is 5.91 Å². The molecule has 2 aromatic heterocycles. The fraction of sp³-hybridized carbons (Fsp3) is 0.476. The van der Waals surface area contributed by atoms with Crippen LogP contribution in [0.15, 0.2) is 18.2 Å². The molecule has 1 aliphatic rings. The molecule has 0 fully saturated rings. The number of aromatic nitrogens is 4. The molecule has 3 aromatic rings. The number of nitrogens with zero attached hydrogens (tertiary/aromatic N) is 5. The SMILES string of the molecule is CCCn1c(C)c(C(=O)N(C)Cc2nnc3n2CCC3)c2cc(OC)ccc21. The first-order valence-electron chi connectivity index (χ1n) is 9.88. The van der Waals surface area contributed by atoms with Crippen molar-refractivity contribution in [3.05, 3.63) is 41.1 Å². The van der Waals surface area contributed by atoms with E-state index >= 15 is 0 Å². The van der Waals surface area contributed by atoms with Crippen LogP contribution in [0.4, 0.5) is 0 Å². The molecule has 3 heterocycles. The molecule has 0 saturated heterocycles. The Bertz CT molecular complexity index is 1030. The number of ether oxygens (including phenoxy) is 1. The number of hydrogen-bond acceptors (Lipinski definition) is 4. The summed E-state index contributed by atoms with van der Waals surface area (Å²) in [5.74, 6) is 2.64. The molecule has 1 amide bonds. The fourth-order valence-corrected chi connectivity index (χ4v) is 4.17. The summed E-state index contributed by atoms with van der Waals surface area (Å²) in [5, 5.41) is 9.49. The Labute approximate surface area is 164 Å². The topological polar surface area (TPSA) is 65.2 Å². The lowest BCUT2D eigenvalue weighted by atomic mass is 10.1. The van der Waals surface area contributed by atoms with Gasteiger partial charge in [-0.3, -0.25) is 4.79 Å². The molecular weight excluding hydrogens is 354 g/mol. The van der Waals surface area contributed by atoms with Crippen LogP contribution in [0.25, 0.3) is 10.9 Å². The molecule has 0 unspecified atom stereocenters. The van der Waals surface area contributed by atoms with Crippen LogP contribution in [0.5, 0.6) is 5.75 Å². The van der Waals surface area contributed by atoms with Gasteiger partial charge in [0.2, 0.25) is 0 Å². The predicted molar refractivity (Wildman–Crippen MR) is 108 cm³/mol. The summed E-state index contributed by atoms with van der Waals surface area (Å²) in [6.45, 7) is 6.44. The van der Waals surface area contributed by atoms with E-state index in [-0.39, 0.29) is 5.91 Å². The van der Waals surface area contributed by atoms with E-state index in [0.717, 1.165) is 71.9 Å². The van der Waals surface area contributed by atoms with Crippen LogP contribution in [-0.2, 0) is 26.1 Å². The normalized spacial score (nSPS) is 13.1. The third kappa shape index (κ3) is 2.95. The predicted octanol–water partition coefficient (Wildman–Crippen LogP) is 3.18. The average Bonchev–Trinajstić information content (AvgIpc) is 3.37. The second-order valence-electron chi connectivity index (χ2n) is 7.44. The van der Waals surface area contributed by atoms with Crippen molar-refractivity contribution in [3.8, 4) is 5.75 Å². The Kier molecular flexibility index (Phi) is 4.83. The largest absolute Gasteiger partial charge is 0.497 e. The zero-order valence-electron chi connectivity index (χ0n) is 17.0. The molecule has 4 rings (SSSR count). The number of carbonyl (C=O) groups is 1. The quantitative estimate of drug-likeness (QED) is 0.658. The molecule has 1 aliphatic heterocycles. The van der Waals surface area contributed by atoms with Gasteiger partial charge in [-0.25, -0.2) is 0 Å². The summed E-state index contributed by atoms with van der Waals surface area (Å²) in [4.78, 5) is 15.2. The number of hydrogen-bond donors (Lipinski definition) is 0. The van der Waals surface area contributed by atoms with Crippen molar-refractivity contribution < 1.29 is 9.53 Å². The number of carbonyl (C=O) groups excluding carboxylic acids is 1. The van der Waals surface area contributed by atoms with Crippen molar-refractivity contribution in [1.29, 1.82) is 0 Å². The smallest absolute Gasteiger partial charge is 0.256 e. The highest BCUT2D eigenvalue weighted by atomic mass is 16.5. The van der Waals surface area contributed by atoms with E-state index in [0.29, 0.717) is 6.54 Å². The van der Waals surface area contributed by atoms with Crippen LogP contribution in [0, 0.1) is 6.92 Å². The third-order valence-electron chi connectivity index (χ3n) is 5.60. The lowest BCUT2D eigenvalue weighted by molar-refractivity contribution is 0.0781. The van der Waals surface area contributed by atoms with Gasteiger partial charge in [0.15, 0.2) is 5.82 Å². The van der Waals surface area contributed by atoms with Crippen molar-refractivity contribution in [3.63, 3.8) is 0 Å². The maximum Gasteiger partial charge on any atom is 0.256 e. The minimum Gasteiger partial charge on any atom is -0.497 e. The maximum absolute atomic E-state index is 13.4. The second kappa shape index (κ2) is 7.30. The standard InChI is InChI=1S/C21H27N5O2/c1-5-10-25-14(2)20(16-12-15(28-4)8-9-17(16)25)21(27)24(3)13-19-23-22-18-7-6-11-26(18)19/h8-9,12H,5-7,10-11,13H2,1-4H3. The van der Waals surface area contributed by atoms with Crippen LogP contribution in [0.3, 0.4) is 0 Å². The summed E-state index contributed by atoms with van der Waals surface area (Å²) in [6.07, 6.45) is 3.07. The molecule has 7 heteroatoms. The first-order chi connectivity index (χ1) is 13.5. The number of fused-ring (bicyclic) bond motifs is 2. The lowest BCUT2D eigenvalue weighted by Crippen LogP contribution is -2.28. The molecule has 0 atom stereocenters. The van der Waals surface area contributed by atoms with Crippen LogP contribution in [0.1, 0.15) is 47.5 Å². The summed E-state index contributed by atoms with van der Waals surface area (Å²) >= 11 is 0. The molecule has 0 N–H and O–H groups in total. The van der Waals surface area contributed by atoms with Gasteiger partial charge >= 0.3 is 0 Å². The number of benzene rings is 1. The summed E-state index contributed by atoms with van der Waals surface area (Å²) < 4.78 is 9.77. The van der Waals surface area contributed by atoms with Crippen molar-refractivity contribution >= 4 is 16.8 Å². The Morgan fingerprint density at radius 1 is 1.32 bits per heavy atom. The van der Waals surface area contributed by atoms with Crippen molar-refractivity contribution in [1.82, 2.24) is 24.2 Å². The van der Waals surface area contributed by atoms with E-state index < -0.39 is 0 Å². The van der Waals surface area contributed by atoms with Crippen LogP contribution >= 0.6 is 0 Å². The Hall–Kier alpha value is -2.83. The van der Waals surface area contributed by atoms with Gasteiger partial charge in [0.1, 0.15) is 11.6 Å². The van der Waals surface area contributed by atoms with E-state index in [2.05, 4.69) is 26.3 Å². The van der Waals surface area contributed by atoms with Crippen molar-refractivity contribution in [2.24, 2.45) is 0 Å². The van der Waals surface area contributed by atoms with Gasteiger partial charge in [-0.05, 0) is 38.0 Å². The molecule has 148 valence electrons. The molecule has 0 bridgehead atoms. The molecule has 1 aromatic carbocycles. The molecule has 0 saturated carbocycles. The van der Waals surface area contributed by atoms with E-state index in [4.69, 9.17) is 4.74 Å². The molecule has 28 heavy (non-hydrogen) atoms. The number of methoxy groups -OCH3 is 1. The number of amides is 1. The summed E-state index contributed by atoms with van der Waals surface area (Å²) in [7, 11) is 3.48. The summed E-state index contributed by atoms with van der Waals surface area (Å²) in [5.41, 5.74) is 2.81. The van der Waals surface area contributed by atoms with Gasteiger partial charge in [0.05, 0.1) is 19.2 Å². The number of aryl methyl sites for hydroxylation is 2. The van der Waals surface area contributed by atoms with E-state index in [1.54, 1.807) is 12.0 Å². The molecule has 0 aliphatic carbocycles. The first kappa shape index (κ1) is 18.5. The second-order valence-corrected chi connectivity index (χ2v) is 7.44. The Morgan fingerprint density at radius 2 is 2.14 bits per heavy atom. The van der Waals surface area contributed by atoms with Crippen LogP contribution in [0.2, 0.25) is 0 Å². The Morgan fingerprint density at radius 3 is 2.89 bits per heavy atom. The molecular formula is C21H27N5O2. The molecule has 0 radical (unpaired) electrons. The maximum atomic E-state index is 13.4. The zero-order valence-corrected chi connectivity index (χ0v) is 17.0. The zero-order chi connectivity index (χ0) is 19.8. The Balaban J connectivity index is 1.72. The van der Waals surface area contributed by atoms with Gasteiger partial charge in [-0.2, -0.15) is 0 Å². The van der Waals surface area contributed by atoms with Gasteiger partial charge in [-0.1, -0.05) is 6.92 Å². The van der Waals surface area contributed by atoms with E-state index in [9.17, 15) is 4.79 Å². The highest BCUT2D eigenvalue weighted by molar-refractivity contribution is 6.08. The molecule has 7 nitrogen and oxygen atoms in total. The van der Waals surface area contributed by atoms with E-state index in [1.165, 1.54) is 0 Å². The van der Waals surface area contributed by atoms with Gasteiger partial charge in [-0.15, -0.1) is 10.2 Å². The van der Waals surface area contributed by atoms with E-state index in [1.807, 2.05) is 32.2 Å². The van der Waals surface area contributed by atoms with Crippen molar-refractivity contribution in [2.45, 2.75) is 52.7 Å². The lowest BCUT2D eigenvalue weighted by Gasteiger charge is -2.17. The highest BCUT2D eigenvalue weighted by Gasteiger charge is 2.25. The van der Waals surface area contributed by atoms with Gasteiger partial charge < -0.3 is 18.8 Å². The summed E-state index contributed by atoms with van der Waals surface area (Å²) in [6, 6.07) is 5.95. The fourth-order valence-electron chi connectivity index (χ4n) is 4.17. The minimum atomic E-state index is 0.000882. The third-order valence-corrected chi connectivity index (χ3v) is 5.60. The highest BCUT2D eigenvalue weighted by Crippen LogP contribution is 2.31. The average molecular weight is 381 g/mol. The van der Waals surface area contributed by atoms with Crippen LogP contribution in [-0.4, -0.2) is 44.3 Å².